The van der Waals surface area contributed by atoms with E-state index in [9.17, 15) is 9.59 Å². The van der Waals surface area contributed by atoms with Crippen LogP contribution in [0.4, 0.5) is 0 Å². The number of ketones is 1. The quantitative estimate of drug-likeness (QED) is 0.851. The lowest BCUT2D eigenvalue weighted by atomic mass is 10.1. The second-order valence-corrected chi connectivity index (χ2v) is 4.12. The van der Waals surface area contributed by atoms with Crippen LogP contribution in [0, 0.1) is 0 Å². The maximum Gasteiger partial charge on any atom is 0.252 e. The van der Waals surface area contributed by atoms with Crippen molar-refractivity contribution in [2.45, 2.75) is 26.3 Å². The van der Waals surface area contributed by atoms with E-state index in [0.717, 1.165) is 0 Å². The summed E-state index contributed by atoms with van der Waals surface area (Å²) in [6, 6.07) is 4.37. The maximum absolute atomic E-state index is 12.0. The van der Waals surface area contributed by atoms with Gasteiger partial charge < -0.3 is 14.8 Å². The molecule has 0 saturated heterocycles. The van der Waals surface area contributed by atoms with Crippen molar-refractivity contribution in [3.63, 3.8) is 0 Å². The van der Waals surface area contributed by atoms with Crippen LogP contribution in [0.5, 0.6) is 11.5 Å². The highest BCUT2D eigenvalue weighted by atomic mass is 16.5. The third-order valence-corrected chi connectivity index (χ3v) is 2.79. The number of Topliss-reactive ketones (excluding diaryl/α,β-unsaturated/α-hetero) is 1. The molecule has 0 aromatic heterocycles. The van der Waals surface area contributed by atoms with Gasteiger partial charge in [-0.25, -0.2) is 0 Å². The van der Waals surface area contributed by atoms with Gasteiger partial charge in [0.05, 0.1) is 20.3 Å². The van der Waals surface area contributed by atoms with Gasteiger partial charge in [0.1, 0.15) is 11.5 Å². The van der Waals surface area contributed by atoms with Crippen molar-refractivity contribution in [3.05, 3.63) is 23.8 Å². The Hall–Kier alpha value is -2.04. The highest BCUT2D eigenvalue weighted by Gasteiger charge is 2.16. The van der Waals surface area contributed by atoms with Crippen LogP contribution in [0.1, 0.15) is 30.6 Å². The molecule has 104 valence electrons. The minimum absolute atomic E-state index is 0.0109. The van der Waals surface area contributed by atoms with E-state index in [1.807, 2.05) is 0 Å². The average Bonchev–Trinajstić information content (AvgIpc) is 2.45. The third-order valence-electron chi connectivity index (χ3n) is 2.79. The Kier molecular flexibility index (Phi) is 5.36. The third kappa shape index (κ3) is 3.98. The number of carbonyl (C=O) groups is 2. The summed E-state index contributed by atoms with van der Waals surface area (Å²) in [6.07, 6.45) is 0.392. The molecule has 19 heavy (non-hydrogen) atoms. The zero-order valence-electron chi connectivity index (χ0n) is 11.6. The highest BCUT2D eigenvalue weighted by molar-refractivity contribution is 5.98. The Balaban J connectivity index is 2.90. The molecule has 0 heterocycles. The van der Waals surface area contributed by atoms with Gasteiger partial charge in [0, 0.05) is 18.1 Å². The predicted molar refractivity (Wildman–Crippen MR) is 71.8 cm³/mol. The Morgan fingerprint density at radius 1 is 1.16 bits per heavy atom. The molecular weight excluding hydrogens is 246 g/mol. The predicted octanol–water partition coefficient (Wildman–Crippen LogP) is 1.80. The molecule has 0 fully saturated rings. The summed E-state index contributed by atoms with van der Waals surface area (Å²) in [4.78, 5) is 23.5. The standard InChI is InChI=1S/C14H19NO4/c1-5-13(16)9(2)15-14(17)10-6-11(18-3)8-12(7-10)19-4/h6-9H,5H2,1-4H3,(H,15,17). The average molecular weight is 265 g/mol. The van der Waals surface area contributed by atoms with Gasteiger partial charge >= 0.3 is 0 Å². The largest absolute Gasteiger partial charge is 0.497 e. The van der Waals surface area contributed by atoms with Crippen LogP contribution in [0.3, 0.4) is 0 Å². The summed E-state index contributed by atoms with van der Waals surface area (Å²) in [5.41, 5.74) is 0.395. The molecule has 0 radical (unpaired) electrons. The Bertz CT molecular complexity index is 448. The number of rotatable bonds is 6. The van der Waals surface area contributed by atoms with Crippen LogP contribution in [0.2, 0.25) is 0 Å². The molecule has 1 N–H and O–H groups in total. The summed E-state index contributed by atoms with van der Waals surface area (Å²) in [7, 11) is 3.03. The fraction of sp³-hybridized carbons (Fsp3) is 0.429. The van der Waals surface area contributed by atoms with Gasteiger partial charge in [-0.3, -0.25) is 9.59 Å². The lowest BCUT2D eigenvalue weighted by Crippen LogP contribution is -2.38. The summed E-state index contributed by atoms with van der Waals surface area (Å²) in [5, 5.41) is 2.65. The van der Waals surface area contributed by atoms with E-state index in [-0.39, 0.29) is 11.7 Å². The lowest BCUT2D eigenvalue weighted by Gasteiger charge is -2.13. The normalized spacial score (nSPS) is 11.6. The maximum atomic E-state index is 12.0. The van der Waals surface area contributed by atoms with Crippen molar-refractivity contribution in [3.8, 4) is 11.5 Å². The second kappa shape index (κ2) is 6.78. The van der Waals surface area contributed by atoms with Crippen LogP contribution in [0.25, 0.3) is 0 Å². The zero-order chi connectivity index (χ0) is 14.4. The first-order chi connectivity index (χ1) is 9.01. The van der Waals surface area contributed by atoms with Gasteiger partial charge in [-0.05, 0) is 19.1 Å². The molecule has 1 rings (SSSR count). The molecule has 1 atom stereocenters. The molecule has 5 heteroatoms. The Morgan fingerprint density at radius 2 is 1.68 bits per heavy atom. The first kappa shape index (κ1) is 15.0. The summed E-state index contributed by atoms with van der Waals surface area (Å²) < 4.78 is 10.2. The van der Waals surface area contributed by atoms with Crippen molar-refractivity contribution < 1.29 is 19.1 Å². The number of methoxy groups -OCH3 is 2. The van der Waals surface area contributed by atoms with Crippen molar-refractivity contribution in [2.75, 3.05) is 14.2 Å². The van der Waals surface area contributed by atoms with E-state index in [4.69, 9.17) is 9.47 Å². The topological polar surface area (TPSA) is 64.6 Å². The molecule has 1 amide bonds. The molecule has 5 nitrogen and oxygen atoms in total. The summed E-state index contributed by atoms with van der Waals surface area (Å²) in [5.74, 6) is 0.715. The van der Waals surface area contributed by atoms with E-state index in [0.29, 0.717) is 23.5 Å². The van der Waals surface area contributed by atoms with E-state index in [2.05, 4.69) is 5.32 Å². The highest BCUT2D eigenvalue weighted by Crippen LogP contribution is 2.22. The molecule has 0 aliphatic carbocycles. The van der Waals surface area contributed by atoms with Crippen molar-refractivity contribution in [1.82, 2.24) is 5.32 Å². The minimum atomic E-state index is -0.505. The molecule has 0 saturated carbocycles. The Morgan fingerprint density at radius 3 is 2.11 bits per heavy atom. The molecule has 1 aromatic carbocycles. The molecule has 0 spiro atoms. The van der Waals surface area contributed by atoms with Crippen molar-refractivity contribution >= 4 is 11.7 Å². The number of nitrogens with one attached hydrogen (secondary N) is 1. The molecule has 0 aliphatic rings. The number of hydrogen-bond acceptors (Lipinski definition) is 4. The van der Waals surface area contributed by atoms with Crippen molar-refractivity contribution in [1.29, 1.82) is 0 Å². The monoisotopic (exact) mass is 265 g/mol. The summed E-state index contributed by atoms with van der Waals surface area (Å²) >= 11 is 0. The van der Waals surface area contributed by atoms with Crippen LogP contribution < -0.4 is 14.8 Å². The number of amides is 1. The minimum Gasteiger partial charge on any atom is -0.497 e. The van der Waals surface area contributed by atoms with Gasteiger partial charge in [0.2, 0.25) is 0 Å². The second-order valence-electron chi connectivity index (χ2n) is 4.12. The van der Waals surface area contributed by atoms with E-state index >= 15 is 0 Å². The van der Waals surface area contributed by atoms with Gasteiger partial charge in [0.15, 0.2) is 5.78 Å². The number of benzene rings is 1. The summed E-state index contributed by atoms with van der Waals surface area (Å²) in [6.45, 7) is 3.43. The SMILES string of the molecule is CCC(=O)C(C)NC(=O)c1cc(OC)cc(OC)c1. The molecule has 1 aromatic rings. The number of carbonyl (C=O) groups excluding carboxylic acids is 2. The van der Waals surface area contributed by atoms with Gasteiger partial charge in [0.25, 0.3) is 5.91 Å². The van der Waals surface area contributed by atoms with Crippen LogP contribution in [0.15, 0.2) is 18.2 Å². The Labute approximate surface area is 112 Å². The number of ether oxygens (including phenoxy) is 2. The molecular formula is C14H19NO4. The fourth-order valence-corrected chi connectivity index (χ4v) is 1.61. The van der Waals surface area contributed by atoms with E-state index in [1.165, 1.54) is 14.2 Å². The number of hydrogen-bond donors (Lipinski definition) is 1. The van der Waals surface area contributed by atoms with Crippen LogP contribution in [-0.2, 0) is 4.79 Å². The molecule has 0 bridgehead atoms. The first-order valence-corrected chi connectivity index (χ1v) is 6.08. The van der Waals surface area contributed by atoms with Gasteiger partial charge in [-0.15, -0.1) is 0 Å². The van der Waals surface area contributed by atoms with E-state index in [1.54, 1.807) is 32.0 Å². The van der Waals surface area contributed by atoms with Crippen LogP contribution in [-0.4, -0.2) is 32.0 Å². The smallest absolute Gasteiger partial charge is 0.252 e. The van der Waals surface area contributed by atoms with Crippen LogP contribution >= 0.6 is 0 Å². The lowest BCUT2D eigenvalue weighted by molar-refractivity contribution is -0.120. The molecule has 0 aliphatic heterocycles. The van der Waals surface area contributed by atoms with E-state index < -0.39 is 6.04 Å². The first-order valence-electron chi connectivity index (χ1n) is 6.08. The molecule has 1 unspecified atom stereocenters. The fourth-order valence-electron chi connectivity index (χ4n) is 1.61. The van der Waals surface area contributed by atoms with Crippen molar-refractivity contribution in [2.24, 2.45) is 0 Å². The van der Waals surface area contributed by atoms with Gasteiger partial charge in [-0.1, -0.05) is 6.92 Å². The zero-order valence-corrected chi connectivity index (χ0v) is 11.6. The van der Waals surface area contributed by atoms with Gasteiger partial charge in [-0.2, -0.15) is 0 Å².